The van der Waals surface area contributed by atoms with E-state index in [0.717, 1.165) is 15.7 Å². The molecule has 0 saturated heterocycles. The fraction of sp³-hybridized carbons (Fsp3) is 0.471. The van der Waals surface area contributed by atoms with Gasteiger partial charge in [0, 0.05) is 17.3 Å². The van der Waals surface area contributed by atoms with Gasteiger partial charge in [0.25, 0.3) is 5.91 Å². The highest BCUT2D eigenvalue weighted by molar-refractivity contribution is 7.18. The second kappa shape index (κ2) is 7.61. The van der Waals surface area contributed by atoms with Crippen LogP contribution in [0.25, 0.3) is 10.6 Å². The first kappa shape index (κ1) is 16.7. The molecule has 0 aliphatic heterocycles. The number of nitrogens with one attached hydrogen (secondary N) is 1. The van der Waals surface area contributed by atoms with Gasteiger partial charge in [-0.2, -0.15) is 0 Å². The van der Waals surface area contributed by atoms with Crippen molar-refractivity contribution in [2.24, 2.45) is 5.73 Å². The lowest BCUT2D eigenvalue weighted by molar-refractivity contribution is 0.100. The molecule has 0 bridgehead atoms. The smallest absolute Gasteiger partial charge is 0.250 e. The van der Waals surface area contributed by atoms with Gasteiger partial charge in [-0.15, -0.1) is 10.2 Å². The molecule has 3 rings (SSSR count). The van der Waals surface area contributed by atoms with Crippen molar-refractivity contribution in [1.29, 1.82) is 0 Å². The van der Waals surface area contributed by atoms with E-state index in [9.17, 15) is 4.79 Å². The normalized spacial score (nSPS) is 16.3. The van der Waals surface area contributed by atoms with Gasteiger partial charge in [-0.3, -0.25) is 4.79 Å². The lowest BCUT2D eigenvalue weighted by Gasteiger charge is -2.20. The molecular weight excluding hydrogens is 322 g/mol. The van der Waals surface area contributed by atoms with Gasteiger partial charge in [-0.1, -0.05) is 49.5 Å². The van der Waals surface area contributed by atoms with E-state index < -0.39 is 5.91 Å². The molecule has 0 unspecified atom stereocenters. The van der Waals surface area contributed by atoms with Crippen LogP contribution in [-0.2, 0) is 0 Å². The minimum absolute atomic E-state index is 0.330. The SMILES string of the molecule is NC(=O)c1ccc(-c2nnc(NC3CCCCCCC3)s2)cc1N. The van der Waals surface area contributed by atoms with Crippen molar-refractivity contribution in [1.82, 2.24) is 10.2 Å². The predicted octanol–water partition coefficient (Wildman–Crippen LogP) is 3.41. The molecule has 7 heteroatoms. The molecular formula is C17H23N5OS. The highest BCUT2D eigenvalue weighted by Gasteiger charge is 2.15. The van der Waals surface area contributed by atoms with Crippen LogP contribution in [0.2, 0.25) is 0 Å². The molecule has 6 nitrogen and oxygen atoms in total. The summed E-state index contributed by atoms with van der Waals surface area (Å²) in [7, 11) is 0. The van der Waals surface area contributed by atoms with E-state index in [1.54, 1.807) is 18.2 Å². The van der Waals surface area contributed by atoms with E-state index in [1.807, 2.05) is 0 Å². The van der Waals surface area contributed by atoms with Crippen molar-refractivity contribution >= 4 is 28.1 Å². The molecule has 1 fully saturated rings. The number of hydrogen-bond donors (Lipinski definition) is 3. The van der Waals surface area contributed by atoms with Crippen LogP contribution in [0.4, 0.5) is 10.8 Å². The Bertz CT molecular complexity index is 707. The molecule has 24 heavy (non-hydrogen) atoms. The van der Waals surface area contributed by atoms with Crippen molar-refractivity contribution in [3.05, 3.63) is 23.8 Å². The third kappa shape index (κ3) is 4.03. The second-order valence-electron chi connectivity index (χ2n) is 6.27. The van der Waals surface area contributed by atoms with Crippen LogP contribution in [0.5, 0.6) is 0 Å². The van der Waals surface area contributed by atoms with E-state index >= 15 is 0 Å². The Kier molecular flexibility index (Phi) is 5.30. The topological polar surface area (TPSA) is 107 Å². The Morgan fingerprint density at radius 2 is 1.83 bits per heavy atom. The summed E-state index contributed by atoms with van der Waals surface area (Å²) >= 11 is 1.51. The van der Waals surface area contributed by atoms with Crippen molar-refractivity contribution in [3.8, 4) is 10.6 Å². The lowest BCUT2D eigenvalue weighted by Crippen LogP contribution is -2.20. The molecule has 1 saturated carbocycles. The van der Waals surface area contributed by atoms with Crippen molar-refractivity contribution in [3.63, 3.8) is 0 Å². The quantitative estimate of drug-likeness (QED) is 0.736. The molecule has 1 aliphatic rings. The summed E-state index contributed by atoms with van der Waals surface area (Å²) < 4.78 is 0. The second-order valence-corrected chi connectivity index (χ2v) is 7.24. The molecule has 128 valence electrons. The summed E-state index contributed by atoms with van der Waals surface area (Å²) in [5.41, 5.74) is 12.7. The fourth-order valence-corrected chi connectivity index (χ4v) is 3.91. The average molecular weight is 345 g/mol. The minimum Gasteiger partial charge on any atom is -0.398 e. The zero-order valence-electron chi connectivity index (χ0n) is 13.6. The summed E-state index contributed by atoms with van der Waals surface area (Å²) in [6, 6.07) is 5.64. The Morgan fingerprint density at radius 1 is 1.12 bits per heavy atom. The largest absolute Gasteiger partial charge is 0.398 e. The number of amides is 1. The molecule has 1 aromatic carbocycles. The van der Waals surface area contributed by atoms with Gasteiger partial charge in [0.05, 0.1) is 5.56 Å². The molecule has 1 heterocycles. The maximum Gasteiger partial charge on any atom is 0.250 e. The molecule has 1 aliphatic carbocycles. The zero-order valence-corrected chi connectivity index (χ0v) is 14.4. The van der Waals surface area contributed by atoms with Crippen LogP contribution >= 0.6 is 11.3 Å². The zero-order chi connectivity index (χ0) is 16.9. The maximum atomic E-state index is 11.3. The number of anilines is 2. The number of hydrogen-bond acceptors (Lipinski definition) is 6. The summed E-state index contributed by atoms with van der Waals surface area (Å²) in [5.74, 6) is -0.525. The number of primary amides is 1. The number of rotatable bonds is 4. The Morgan fingerprint density at radius 3 is 2.50 bits per heavy atom. The lowest BCUT2D eigenvalue weighted by atomic mass is 9.97. The molecule has 1 aromatic heterocycles. The van der Waals surface area contributed by atoms with Gasteiger partial charge in [-0.25, -0.2) is 0 Å². The van der Waals surface area contributed by atoms with E-state index in [4.69, 9.17) is 11.5 Å². The monoisotopic (exact) mass is 345 g/mol. The average Bonchev–Trinajstić information content (AvgIpc) is 2.98. The number of nitrogens with zero attached hydrogens (tertiary/aromatic N) is 2. The first-order valence-electron chi connectivity index (χ1n) is 8.43. The Labute approximate surface area is 145 Å². The van der Waals surface area contributed by atoms with Crippen LogP contribution in [0.15, 0.2) is 18.2 Å². The summed E-state index contributed by atoms with van der Waals surface area (Å²) in [6.07, 6.45) is 8.93. The number of aromatic nitrogens is 2. The Hall–Kier alpha value is -2.15. The first-order chi connectivity index (χ1) is 11.6. The van der Waals surface area contributed by atoms with Crippen LogP contribution < -0.4 is 16.8 Å². The molecule has 5 N–H and O–H groups in total. The van der Waals surface area contributed by atoms with Crippen molar-refractivity contribution < 1.29 is 4.79 Å². The van der Waals surface area contributed by atoms with Gasteiger partial charge < -0.3 is 16.8 Å². The number of benzene rings is 1. The van der Waals surface area contributed by atoms with Crippen molar-refractivity contribution in [2.75, 3.05) is 11.1 Å². The van der Waals surface area contributed by atoms with Gasteiger partial charge in [0.1, 0.15) is 5.01 Å². The van der Waals surface area contributed by atoms with Crippen LogP contribution in [0.1, 0.15) is 55.3 Å². The van der Waals surface area contributed by atoms with Crippen molar-refractivity contribution in [2.45, 2.75) is 51.0 Å². The van der Waals surface area contributed by atoms with Crippen LogP contribution in [-0.4, -0.2) is 22.1 Å². The number of nitrogens with two attached hydrogens (primary N) is 2. The Balaban J connectivity index is 1.70. The first-order valence-corrected chi connectivity index (χ1v) is 9.25. The number of nitrogen functional groups attached to an aromatic ring is 1. The summed E-state index contributed by atoms with van der Waals surface area (Å²) in [5, 5.41) is 13.6. The van der Waals surface area contributed by atoms with E-state index in [1.165, 1.54) is 56.3 Å². The number of carbonyl (C=O) groups is 1. The van der Waals surface area contributed by atoms with Gasteiger partial charge >= 0.3 is 0 Å². The fourth-order valence-electron chi connectivity index (χ4n) is 3.09. The standard InChI is InChI=1S/C17H23N5OS/c18-14-10-11(8-9-13(14)15(19)23)16-21-22-17(24-16)20-12-6-4-2-1-3-5-7-12/h8-10,12H,1-7,18H2,(H2,19,23)(H,20,22). The van der Waals surface area contributed by atoms with E-state index in [0.29, 0.717) is 17.3 Å². The van der Waals surface area contributed by atoms with E-state index in [2.05, 4.69) is 15.5 Å². The molecule has 2 aromatic rings. The molecule has 0 spiro atoms. The molecule has 0 radical (unpaired) electrons. The van der Waals surface area contributed by atoms with Crippen LogP contribution in [0, 0.1) is 0 Å². The van der Waals surface area contributed by atoms with Gasteiger partial charge in [0.2, 0.25) is 5.13 Å². The van der Waals surface area contributed by atoms with Gasteiger partial charge in [-0.05, 0) is 25.0 Å². The van der Waals surface area contributed by atoms with E-state index in [-0.39, 0.29) is 0 Å². The molecule has 0 atom stereocenters. The highest BCUT2D eigenvalue weighted by Crippen LogP contribution is 2.30. The summed E-state index contributed by atoms with van der Waals surface area (Å²) in [6.45, 7) is 0. The highest BCUT2D eigenvalue weighted by atomic mass is 32.1. The maximum absolute atomic E-state index is 11.3. The number of carbonyl (C=O) groups excluding carboxylic acids is 1. The predicted molar refractivity (Wildman–Crippen MR) is 98.0 cm³/mol. The summed E-state index contributed by atoms with van der Waals surface area (Å²) in [4.78, 5) is 11.3. The third-order valence-electron chi connectivity index (χ3n) is 4.42. The molecule has 1 amide bonds. The third-order valence-corrected chi connectivity index (χ3v) is 5.33. The minimum atomic E-state index is -0.525. The van der Waals surface area contributed by atoms with Gasteiger partial charge in [0.15, 0.2) is 0 Å². The van der Waals surface area contributed by atoms with Crippen LogP contribution in [0.3, 0.4) is 0 Å².